The van der Waals surface area contributed by atoms with E-state index in [2.05, 4.69) is 20.3 Å². The summed E-state index contributed by atoms with van der Waals surface area (Å²) in [5.41, 5.74) is 7.72. The number of rotatable bonds is 6. The number of H-pyrrole nitrogens is 1. The van der Waals surface area contributed by atoms with Gasteiger partial charge in [-0.3, -0.25) is 9.97 Å². The van der Waals surface area contributed by atoms with Crippen LogP contribution in [0.2, 0.25) is 0 Å². The van der Waals surface area contributed by atoms with Gasteiger partial charge in [-0.25, -0.2) is 9.78 Å². The summed E-state index contributed by atoms with van der Waals surface area (Å²) in [5.74, 6) is -0.508. The van der Waals surface area contributed by atoms with Crippen LogP contribution in [0.15, 0.2) is 51.9 Å². The third kappa shape index (κ3) is 4.52. The van der Waals surface area contributed by atoms with Crippen LogP contribution in [0.5, 0.6) is 0 Å². The van der Waals surface area contributed by atoms with Gasteiger partial charge in [-0.05, 0) is 35.7 Å². The Hall–Kier alpha value is -3.18. The molecule has 4 aromatic rings. The molecule has 156 valence electrons. The number of nitrogens with zero attached hydrogens (tertiary/aromatic N) is 2. The van der Waals surface area contributed by atoms with Crippen molar-refractivity contribution in [3.8, 4) is 10.4 Å². The number of fused-ring (bicyclic) bond motifs is 1. The summed E-state index contributed by atoms with van der Waals surface area (Å²) in [7, 11) is 0. The number of aromatic nitrogens is 3. The molecule has 4 rings (SSSR count). The number of alkyl halides is 3. The molecule has 0 saturated heterocycles. The van der Waals surface area contributed by atoms with Gasteiger partial charge in [0.25, 0.3) is 0 Å². The number of halogens is 3. The summed E-state index contributed by atoms with van der Waals surface area (Å²) in [4.78, 5) is 22.5. The first-order chi connectivity index (χ1) is 14.3. The molecule has 0 bridgehead atoms. The smallest absolute Gasteiger partial charge is 0.408 e. The number of nitrogens with two attached hydrogens (primary N) is 1. The molecule has 3 aromatic heterocycles. The van der Waals surface area contributed by atoms with Crippen LogP contribution in [0.4, 0.5) is 18.3 Å². The highest BCUT2D eigenvalue weighted by molar-refractivity contribution is 7.18. The second-order valence-corrected chi connectivity index (χ2v) is 7.68. The summed E-state index contributed by atoms with van der Waals surface area (Å²) in [6.45, 7) is 0.389. The molecule has 11 heteroatoms. The van der Waals surface area contributed by atoms with Gasteiger partial charge in [0.05, 0.1) is 10.4 Å². The maximum absolute atomic E-state index is 12.6. The summed E-state index contributed by atoms with van der Waals surface area (Å²) < 4.78 is 42.8. The summed E-state index contributed by atoms with van der Waals surface area (Å²) in [5, 5.41) is 3.79. The second-order valence-electron chi connectivity index (χ2n) is 6.65. The molecule has 0 aliphatic heterocycles. The molecule has 1 atom stereocenters. The molecule has 0 unspecified atom stereocenters. The number of anilines is 1. The highest BCUT2D eigenvalue weighted by Gasteiger charge is 2.32. The normalized spacial score (nSPS) is 12.9. The monoisotopic (exact) mass is 435 g/mol. The number of hydrogen-bond donors (Lipinski definition) is 3. The van der Waals surface area contributed by atoms with Crippen LogP contribution in [0, 0.1) is 0 Å². The lowest BCUT2D eigenvalue weighted by atomic mass is 10.1. The van der Waals surface area contributed by atoms with Crippen LogP contribution in [0.25, 0.3) is 21.5 Å². The minimum atomic E-state index is -4.46. The molecule has 0 aliphatic rings. The Kier molecular flexibility index (Phi) is 5.31. The van der Waals surface area contributed by atoms with Crippen LogP contribution in [-0.2, 0) is 12.6 Å². The first kappa shape index (κ1) is 20.1. The van der Waals surface area contributed by atoms with Gasteiger partial charge in [-0.1, -0.05) is 23.5 Å². The minimum absolute atomic E-state index is 0.332. The third-order valence-corrected chi connectivity index (χ3v) is 5.34. The molecule has 4 N–H and O–H groups in total. The van der Waals surface area contributed by atoms with Crippen LogP contribution < -0.4 is 16.8 Å². The first-order valence-corrected chi connectivity index (χ1v) is 9.70. The Labute approximate surface area is 171 Å². The van der Waals surface area contributed by atoms with E-state index < -0.39 is 17.6 Å². The van der Waals surface area contributed by atoms with E-state index in [9.17, 15) is 18.0 Å². The molecule has 0 fully saturated rings. The highest BCUT2D eigenvalue weighted by Crippen LogP contribution is 2.31. The van der Waals surface area contributed by atoms with E-state index in [4.69, 9.17) is 10.2 Å². The molecule has 30 heavy (non-hydrogen) atoms. The summed E-state index contributed by atoms with van der Waals surface area (Å²) in [6.07, 6.45) is -1.19. The van der Waals surface area contributed by atoms with Gasteiger partial charge in [0.1, 0.15) is 5.69 Å². The van der Waals surface area contributed by atoms with Crippen molar-refractivity contribution in [2.24, 2.45) is 5.73 Å². The lowest BCUT2D eigenvalue weighted by Gasteiger charge is -2.12. The third-order valence-electron chi connectivity index (χ3n) is 4.34. The second kappa shape index (κ2) is 7.92. The number of hydrogen-bond acceptors (Lipinski definition) is 7. The van der Waals surface area contributed by atoms with Gasteiger partial charge in [0.15, 0.2) is 10.7 Å². The summed E-state index contributed by atoms with van der Waals surface area (Å²) in [6, 6.07) is 7.37. The Bertz CT molecular complexity index is 1210. The molecule has 7 nitrogen and oxygen atoms in total. The Morgan fingerprint density at radius 3 is 2.77 bits per heavy atom. The summed E-state index contributed by atoms with van der Waals surface area (Å²) >= 11 is 1.41. The number of aromatic amines is 1. The Morgan fingerprint density at radius 1 is 1.20 bits per heavy atom. The zero-order valence-corrected chi connectivity index (χ0v) is 16.2. The van der Waals surface area contributed by atoms with Gasteiger partial charge in [-0.2, -0.15) is 13.2 Å². The number of benzene rings is 1. The van der Waals surface area contributed by atoms with E-state index in [0.29, 0.717) is 34.8 Å². The quantitative estimate of drug-likeness (QED) is 0.427. The largest absolute Gasteiger partial charge is 0.433 e. The van der Waals surface area contributed by atoms with Crippen LogP contribution in [0.1, 0.15) is 11.3 Å². The maximum Gasteiger partial charge on any atom is 0.433 e. The van der Waals surface area contributed by atoms with Crippen LogP contribution in [0.3, 0.4) is 0 Å². The molecule has 0 aliphatic carbocycles. The average Bonchev–Trinajstić information content (AvgIpc) is 3.31. The van der Waals surface area contributed by atoms with Gasteiger partial charge in [-0.15, -0.1) is 0 Å². The zero-order valence-electron chi connectivity index (χ0n) is 15.4. The van der Waals surface area contributed by atoms with Crippen molar-refractivity contribution in [3.63, 3.8) is 0 Å². The average molecular weight is 435 g/mol. The van der Waals surface area contributed by atoms with E-state index in [0.717, 1.165) is 16.5 Å². The molecular weight excluding hydrogens is 419 g/mol. The number of oxazole rings is 1. The molecule has 3 heterocycles. The fourth-order valence-corrected chi connectivity index (χ4v) is 3.71. The van der Waals surface area contributed by atoms with Gasteiger partial charge >= 0.3 is 11.9 Å². The first-order valence-electron chi connectivity index (χ1n) is 8.88. The maximum atomic E-state index is 12.6. The minimum Gasteiger partial charge on any atom is -0.408 e. The van der Waals surface area contributed by atoms with E-state index in [1.165, 1.54) is 23.6 Å². The fraction of sp³-hybridized carbons (Fsp3) is 0.211. The molecule has 0 saturated carbocycles. The topological polar surface area (TPSA) is 110 Å². The predicted octanol–water partition coefficient (Wildman–Crippen LogP) is 3.64. The molecule has 0 spiro atoms. The predicted molar refractivity (Wildman–Crippen MR) is 107 cm³/mol. The van der Waals surface area contributed by atoms with Crippen molar-refractivity contribution in [3.05, 3.63) is 64.5 Å². The van der Waals surface area contributed by atoms with Crippen molar-refractivity contribution in [2.45, 2.75) is 18.6 Å². The molecule has 0 radical (unpaired) electrons. The van der Waals surface area contributed by atoms with Crippen LogP contribution >= 0.6 is 11.3 Å². The van der Waals surface area contributed by atoms with Crippen molar-refractivity contribution in [1.82, 2.24) is 15.0 Å². The van der Waals surface area contributed by atoms with Gasteiger partial charge in [0, 0.05) is 25.0 Å². The Morgan fingerprint density at radius 2 is 2.03 bits per heavy atom. The van der Waals surface area contributed by atoms with Crippen molar-refractivity contribution in [1.29, 1.82) is 0 Å². The standard InChI is InChI=1S/C19H16F3N5O2S/c20-19(21,22)16-4-1-10(7-24-16)5-12(23)8-25-17-26-9-15(30-17)11-2-3-13-14(6-11)29-18(28)27-13/h1-4,6-7,9,12H,5,8,23H2,(H,25,26)(H,27,28)/t12-/m1/s1. The van der Waals surface area contributed by atoms with E-state index >= 15 is 0 Å². The molecule has 1 aromatic carbocycles. The van der Waals surface area contributed by atoms with E-state index in [1.807, 2.05) is 6.07 Å². The molecular formula is C19H16F3N5O2S. The van der Waals surface area contributed by atoms with E-state index in [1.54, 1.807) is 18.3 Å². The fourth-order valence-electron chi connectivity index (χ4n) is 2.89. The highest BCUT2D eigenvalue weighted by atomic mass is 32.1. The number of pyridine rings is 1. The number of nitrogens with one attached hydrogen (secondary N) is 2. The SMILES string of the molecule is N[C@@H](CNc1ncc(-c2ccc3[nH]c(=O)oc3c2)s1)Cc1ccc(C(F)(F)F)nc1. The lowest BCUT2D eigenvalue weighted by molar-refractivity contribution is -0.141. The van der Waals surface area contributed by atoms with Gasteiger partial charge in [0.2, 0.25) is 0 Å². The number of thiazole rings is 1. The van der Waals surface area contributed by atoms with Gasteiger partial charge < -0.3 is 15.5 Å². The zero-order chi connectivity index (χ0) is 21.3. The Balaban J connectivity index is 1.36. The molecule has 0 amide bonds. The van der Waals surface area contributed by atoms with Crippen molar-refractivity contribution in [2.75, 3.05) is 11.9 Å². The van der Waals surface area contributed by atoms with E-state index in [-0.39, 0.29) is 6.04 Å². The van der Waals surface area contributed by atoms with Crippen LogP contribution in [-0.4, -0.2) is 27.5 Å². The van der Waals surface area contributed by atoms with Crippen molar-refractivity contribution < 1.29 is 17.6 Å². The lowest BCUT2D eigenvalue weighted by Crippen LogP contribution is -2.31. The van der Waals surface area contributed by atoms with Crippen molar-refractivity contribution >= 4 is 27.6 Å².